The highest BCUT2D eigenvalue weighted by molar-refractivity contribution is 6.30. The molecule has 0 spiro atoms. The summed E-state index contributed by atoms with van der Waals surface area (Å²) in [5, 5.41) is 3.14. The van der Waals surface area contributed by atoms with E-state index in [0.29, 0.717) is 18.4 Å². The Morgan fingerprint density at radius 3 is 2.79 bits per heavy atom. The molecule has 0 fully saturated rings. The van der Waals surface area contributed by atoms with Crippen LogP contribution in [0.2, 0.25) is 5.02 Å². The van der Waals surface area contributed by atoms with E-state index in [9.17, 15) is 4.39 Å². The lowest BCUT2D eigenvalue weighted by molar-refractivity contribution is 0.397. The Morgan fingerprint density at radius 1 is 1.32 bits per heavy atom. The first-order valence-corrected chi connectivity index (χ1v) is 6.04. The van der Waals surface area contributed by atoms with Crippen molar-refractivity contribution < 1.29 is 9.13 Å². The minimum Gasteiger partial charge on any atom is -0.481 e. The highest BCUT2D eigenvalue weighted by Gasteiger charge is 2.04. The van der Waals surface area contributed by atoms with E-state index >= 15 is 0 Å². The molecular formula is C13H13ClFN3O. The summed E-state index contributed by atoms with van der Waals surface area (Å²) in [5.74, 6) is 0.517. The number of benzene rings is 1. The van der Waals surface area contributed by atoms with Gasteiger partial charge in [0.2, 0.25) is 11.8 Å². The van der Waals surface area contributed by atoms with Crippen molar-refractivity contribution in [3.05, 3.63) is 46.4 Å². The summed E-state index contributed by atoms with van der Waals surface area (Å²) in [6, 6.07) is 6.29. The predicted molar refractivity (Wildman–Crippen MR) is 72.1 cm³/mol. The molecule has 0 amide bonds. The van der Waals surface area contributed by atoms with Crippen LogP contribution >= 0.6 is 11.6 Å². The van der Waals surface area contributed by atoms with E-state index < -0.39 is 5.82 Å². The fourth-order valence-electron chi connectivity index (χ4n) is 1.55. The molecule has 0 aliphatic carbocycles. The molecule has 6 heteroatoms. The summed E-state index contributed by atoms with van der Waals surface area (Å²) in [6.45, 7) is 2.30. The predicted octanol–water partition coefficient (Wildman–Crippen LogP) is 3.20. The van der Waals surface area contributed by atoms with Crippen LogP contribution in [-0.2, 0) is 6.54 Å². The first-order chi connectivity index (χ1) is 9.08. The van der Waals surface area contributed by atoms with Gasteiger partial charge in [-0.1, -0.05) is 17.7 Å². The number of halogens is 2. The number of anilines is 1. The fourth-order valence-corrected chi connectivity index (χ4v) is 1.76. The molecule has 0 aliphatic rings. The van der Waals surface area contributed by atoms with Crippen LogP contribution in [0.25, 0.3) is 0 Å². The van der Waals surface area contributed by atoms with E-state index in [1.807, 2.05) is 6.92 Å². The van der Waals surface area contributed by atoms with E-state index in [0.717, 1.165) is 11.3 Å². The Bertz CT molecular complexity index is 592. The number of nitrogens with zero attached hydrogens (tertiary/aromatic N) is 2. The Labute approximate surface area is 115 Å². The Balaban J connectivity index is 2.09. The SMILES string of the molecule is COc1cc(C)nc(NCc2ccc(F)c(Cl)c2)n1. The van der Waals surface area contributed by atoms with Crippen LogP contribution in [-0.4, -0.2) is 17.1 Å². The van der Waals surface area contributed by atoms with Crippen molar-refractivity contribution in [2.24, 2.45) is 0 Å². The standard InChI is InChI=1S/C13H13ClFN3O/c1-8-5-12(19-2)18-13(17-8)16-7-9-3-4-11(15)10(14)6-9/h3-6H,7H2,1-2H3,(H,16,17,18). The molecule has 1 aromatic carbocycles. The molecule has 19 heavy (non-hydrogen) atoms. The minimum absolute atomic E-state index is 0.0991. The van der Waals surface area contributed by atoms with Crippen molar-refractivity contribution in [1.82, 2.24) is 9.97 Å². The number of aromatic nitrogens is 2. The van der Waals surface area contributed by atoms with Gasteiger partial charge in [0.05, 0.1) is 12.1 Å². The number of methoxy groups -OCH3 is 1. The van der Waals surface area contributed by atoms with Crippen molar-refractivity contribution in [3.63, 3.8) is 0 Å². The van der Waals surface area contributed by atoms with E-state index in [1.165, 1.54) is 6.07 Å². The van der Waals surface area contributed by atoms with Gasteiger partial charge in [-0.05, 0) is 24.6 Å². The second-order valence-corrected chi connectivity index (χ2v) is 4.38. The van der Waals surface area contributed by atoms with Gasteiger partial charge in [0.25, 0.3) is 0 Å². The number of aryl methyl sites for hydroxylation is 1. The lowest BCUT2D eigenvalue weighted by atomic mass is 10.2. The topological polar surface area (TPSA) is 47.0 Å². The zero-order chi connectivity index (χ0) is 13.8. The van der Waals surface area contributed by atoms with Gasteiger partial charge in [-0.25, -0.2) is 9.37 Å². The second-order valence-electron chi connectivity index (χ2n) is 3.98. The molecule has 1 heterocycles. The largest absolute Gasteiger partial charge is 0.481 e. The first-order valence-electron chi connectivity index (χ1n) is 5.66. The van der Waals surface area contributed by atoms with Gasteiger partial charge in [-0.15, -0.1) is 0 Å². The molecule has 1 aromatic heterocycles. The van der Waals surface area contributed by atoms with Gasteiger partial charge >= 0.3 is 0 Å². The summed E-state index contributed by atoms with van der Waals surface area (Å²) in [5.41, 5.74) is 1.64. The number of nitrogens with one attached hydrogen (secondary N) is 1. The van der Waals surface area contributed by atoms with Gasteiger partial charge < -0.3 is 10.1 Å². The quantitative estimate of drug-likeness (QED) is 0.935. The van der Waals surface area contributed by atoms with E-state index in [1.54, 1.807) is 25.3 Å². The highest BCUT2D eigenvalue weighted by atomic mass is 35.5. The van der Waals surface area contributed by atoms with E-state index in [-0.39, 0.29) is 5.02 Å². The molecule has 0 radical (unpaired) electrons. The van der Waals surface area contributed by atoms with Crippen LogP contribution in [0.1, 0.15) is 11.3 Å². The number of hydrogen-bond donors (Lipinski definition) is 1. The highest BCUT2D eigenvalue weighted by Crippen LogP contribution is 2.17. The van der Waals surface area contributed by atoms with Crippen molar-refractivity contribution in [1.29, 1.82) is 0 Å². The van der Waals surface area contributed by atoms with Gasteiger partial charge in [0.15, 0.2) is 0 Å². The molecule has 100 valence electrons. The zero-order valence-electron chi connectivity index (χ0n) is 10.6. The third-order valence-electron chi connectivity index (χ3n) is 2.47. The number of ether oxygens (including phenoxy) is 1. The van der Waals surface area contributed by atoms with Crippen molar-refractivity contribution >= 4 is 17.5 Å². The van der Waals surface area contributed by atoms with Crippen molar-refractivity contribution in [2.75, 3.05) is 12.4 Å². The van der Waals surface area contributed by atoms with Gasteiger partial charge in [0.1, 0.15) is 5.82 Å². The minimum atomic E-state index is -0.432. The van der Waals surface area contributed by atoms with Crippen LogP contribution in [0.15, 0.2) is 24.3 Å². The molecule has 0 atom stereocenters. The monoisotopic (exact) mass is 281 g/mol. The molecular weight excluding hydrogens is 269 g/mol. The fraction of sp³-hybridized carbons (Fsp3) is 0.231. The van der Waals surface area contributed by atoms with Crippen LogP contribution in [0.5, 0.6) is 5.88 Å². The summed E-state index contributed by atoms with van der Waals surface area (Å²) < 4.78 is 18.1. The van der Waals surface area contributed by atoms with Crippen LogP contribution in [0, 0.1) is 12.7 Å². The van der Waals surface area contributed by atoms with Gasteiger partial charge in [-0.3, -0.25) is 0 Å². The average molecular weight is 282 g/mol. The molecule has 2 rings (SSSR count). The summed E-state index contributed by atoms with van der Waals surface area (Å²) >= 11 is 5.71. The van der Waals surface area contributed by atoms with Crippen LogP contribution in [0.3, 0.4) is 0 Å². The maximum Gasteiger partial charge on any atom is 0.226 e. The van der Waals surface area contributed by atoms with Gasteiger partial charge in [0, 0.05) is 18.3 Å². The summed E-state index contributed by atoms with van der Waals surface area (Å²) in [7, 11) is 1.55. The van der Waals surface area contributed by atoms with Crippen molar-refractivity contribution in [3.8, 4) is 5.88 Å². The maximum atomic E-state index is 13.0. The molecule has 0 saturated carbocycles. The number of rotatable bonds is 4. The van der Waals surface area contributed by atoms with Crippen LogP contribution in [0.4, 0.5) is 10.3 Å². The molecule has 0 saturated heterocycles. The Hall–Kier alpha value is -1.88. The lowest BCUT2D eigenvalue weighted by Gasteiger charge is -2.08. The van der Waals surface area contributed by atoms with Crippen molar-refractivity contribution in [2.45, 2.75) is 13.5 Å². The van der Waals surface area contributed by atoms with Gasteiger partial charge in [-0.2, -0.15) is 4.98 Å². The van der Waals surface area contributed by atoms with E-state index in [4.69, 9.17) is 16.3 Å². The average Bonchev–Trinajstić information content (AvgIpc) is 2.39. The third kappa shape index (κ3) is 3.54. The van der Waals surface area contributed by atoms with E-state index in [2.05, 4.69) is 15.3 Å². The molecule has 2 aromatic rings. The Kier molecular flexibility index (Phi) is 4.16. The summed E-state index contributed by atoms with van der Waals surface area (Å²) in [6.07, 6.45) is 0. The second kappa shape index (κ2) is 5.84. The smallest absolute Gasteiger partial charge is 0.226 e. The molecule has 1 N–H and O–H groups in total. The molecule has 0 aliphatic heterocycles. The zero-order valence-corrected chi connectivity index (χ0v) is 11.3. The number of hydrogen-bond acceptors (Lipinski definition) is 4. The third-order valence-corrected chi connectivity index (χ3v) is 2.76. The lowest BCUT2D eigenvalue weighted by Crippen LogP contribution is -2.05. The molecule has 0 unspecified atom stereocenters. The normalized spacial score (nSPS) is 10.3. The summed E-state index contributed by atoms with van der Waals surface area (Å²) in [4.78, 5) is 8.38. The molecule has 0 bridgehead atoms. The Morgan fingerprint density at radius 2 is 2.11 bits per heavy atom. The van der Waals surface area contributed by atoms with Crippen LogP contribution < -0.4 is 10.1 Å². The molecule has 4 nitrogen and oxygen atoms in total. The maximum absolute atomic E-state index is 13.0. The first kappa shape index (κ1) is 13.5.